The zero-order chi connectivity index (χ0) is 24.3. The van der Waals surface area contributed by atoms with E-state index >= 15 is 0 Å². The van der Waals surface area contributed by atoms with E-state index in [0.717, 1.165) is 33.1 Å². The van der Waals surface area contributed by atoms with Crippen LogP contribution in [0.4, 0.5) is 5.69 Å². The Bertz CT molecular complexity index is 1130. The maximum absolute atomic E-state index is 6.45. The molecule has 180 valence electrons. The predicted octanol–water partition coefficient (Wildman–Crippen LogP) is 7.83. The highest BCUT2D eigenvalue weighted by Gasteiger charge is 2.46. The van der Waals surface area contributed by atoms with Crippen molar-refractivity contribution in [2.45, 2.75) is 64.8 Å². The van der Waals surface area contributed by atoms with Crippen LogP contribution in [0.25, 0.3) is 0 Å². The number of fused-ring (bicyclic) bond motifs is 1. The molecule has 0 saturated carbocycles. The molecule has 2 atom stereocenters. The first-order valence-electron chi connectivity index (χ1n) is 11.5. The van der Waals surface area contributed by atoms with Crippen LogP contribution in [0.5, 0.6) is 5.75 Å². The third-order valence-electron chi connectivity index (χ3n) is 5.83. The predicted molar refractivity (Wildman–Crippen MR) is 139 cm³/mol. The van der Waals surface area contributed by atoms with Crippen LogP contribution >= 0.6 is 23.2 Å². The van der Waals surface area contributed by atoms with E-state index in [-0.39, 0.29) is 18.3 Å². The van der Waals surface area contributed by atoms with Gasteiger partial charge in [-0.25, -0.2) is 0 Å². The van der Waals surface area contributed by atoms with Crippen molar-refractivity contribution in [2.24, 2.45) is 0 Å². The minimum atomic E-state index is -0.594. The minimum absolute atomic E-state index is 0.0150. The third-order valence-corrected chi connectivity index (χ3v) is 6.43. The van der Waals surface area contributed by atoms with E-state index in [4.69, 9.17) is 37.4 Å². The Balaban J connectivity index is 1.60. The van der Waals surface area contributed by atoms with Crippen molar-refractivity contribution in [3.05, 3.63) is 93.5 Å². The quantitative estimate of drug-likeness (QED) is 0.342. The number of nitrogens with one attached hydrogen (secondary N) is 1. The van der Waals surface area contributed by atoms with Crippen LogP contribution in [0.3, 0.4) is 0 Å². The number of halogens is 2. The maximum Gasteiger partial charge on any atom is 0.132 e. The molecule has 0 amide bonds. The zero-order valence-corrected chi connectivity index (χ0v) is 21.5. The van der Waals surface area contributed by atoms with Gasteiger partial charge in [0.2, 0.25) is 0 Å². The van der Waals surface area contributed by atoms with Crippen molar-refractivity contribution >= 4 is 28.9 Å². The van der Waals surface area contributed by atoms with Gasteiger partial charge in [0.25, 0.3) is 0 Å². The summed E-state index contributed by atoms with van der Waals surface area (Å²) in [6, 6.07) is 21.7. The number of benzene rings is 3. The Labute approximate surface area is 212 Å². The average Bonchev–Trinajstić information content (AvgIpc) is 2.78. The Hall–Kier alpha value is -2.24. The topological polar surface area (TPSA) is 39.7 Å². The Morgan fingerprint density at radius 2 is 1.79 bits per heavy atom. The third kappa shape index (κ3) is 5.87. The lowest BCUT2D eigenvalue weighted by Crippen LogP contribution is -2.51. The van der Waals surface area contributed by atoms with Gasteiger partial charge in [0.05, 0.1) is 12.7 Å². The molecule has 0 radical (unpaired) electrons. The summed E-state index contributed by atoms with van der Waals surface area (Å²) < 4.78 is 19.3. The molecule has 6 heteroatoms. The molecule has 1 aliphatic rings. The average molecular weight is 500 g/mol. The van der Waals surface area contributed by atoms with Crippen molar-refractivity contribution < 1.29 is 14.2 Å². The van der Waals surface area contributed by atoms with Crippen molar-refractivity contribution in [3.8, 4) is 5.75 Å². The molecule has 0 saturated heterocycles. The largest absolute Gasteiger partial charge is 0.485 e. The molecule has 1 aliphatic heterocycles. The van der Waals surface area contributed by atoms with Gasteiger partial charge in [0.15, 0.2) is 0 Å². The highest BCUT2D eigenvalue weighted by molar-refractivity contribution is 6.31. The van der Waals surface area contributed by atoms with Crippen LogP contribution in [0.1, 0.15) is 50.5 Å². The lowest BCUT2D eigenvalue weighted by molar-refractivity contribution is -0.177. The summed E-state index contributed by atoms with van der Waals surface area (Å²) in [5, 5.41) is 4.90. The number of ether oxygens (including phenoxy) is 3. The fourth-order valence-electron chi connectivity index (χ4n) is 4.21. The van der Waals surface area contributed by atoms with E-state index < -0.39 is 5.60 Å². The Morgan fingerprint density at radius 1 is 1.00 bits per heavy atom. The summed E-state index contributed by atoms with van der Waals surface area (Å²) in [5.74, 6) is 0.807. The van der Waals surface area contributed by atoms with E-state index in [9.17, 15) is 0 Å². The minimum Gasteiger partial charge on any atom is -0.485 e. The summed E-state index contributed by atoms with van der Waals surface area (Å²) in [7, 11) is 0. The van der Waals surface area contributed by atoms with Crippen molar-refractivity contribution in [1.82, 2.24) is 0 Å². The first kappa shape index (κ1) is 24.9. The lowest BCUT2D eigenvalue weighted by atomic mass is 9.87. The van der Waals surface area contributed by atoms with Crippen molar-refractivity contribution in [1.29, 1.82) is 0 Å². The first-order chi connectivity index (χ1) is 16.2. The Morgan fingerprint density at radius 3 is 2.53 bits per heavy atom. The SMILES string of the molecule is CC(C)OC1c2cc(NCc3cccc(Cl)c3)ccc2OC(C)(C)C1OCc1ccccc1Cl. The van der Waals surface area contributed by atoms with Gasteiger partial charge in [-0.1, -0.05) is 53.5 Å². The molecule has 4 rings (SSSR count). The monoisotopic (exact) mass is 499 g/mol. The van der Waals surface area contributed by atoms with Gasteiger partial charge < -0.3 is 19.5 Å². The molecule has 1 heterocycles. The van der Waals surface area contributed by atoms with Crippen LogP contribution in [0, 0.1) is 0 Å². The van der Waals surface area contributed by atoms with Crippen LogP contribution in [-0.4, -0.2) is 17.8 Å². The summed E-state index contributed by atoms with van der Waals surface area (Å²) in [4.78, 5) is 0. The molecule has 0 aliphatic carbocycles. The van der Waals surface area contributed by atoms with Crippen LogP contribution in [0.15, 0.2) is 66.7 Å². The molecular formula is C28H31Cl2NO3. The van der Waals surface area contributed by atoms with Gasteiger partial charge in [0, 0.05) is 27.8 Å². The van der Waals surface area contributed by atoms with E-state index in [1.54, 1.807) is 0 Å². The molecule has 1 N–H and O–H groups in total. The number of rotatable bonds is 8. The van der Waals surface area contributed by atoms with Gasteiger partial charge in [0.1, 0.15) is 23.6 Å². The molecule has 4 nitrogen and oxygen atoms in total. The van der Waals surface area contributed by atoms with Gasteiger partial charge in [-0.3, -0.25) is 0 Å². The fraction of sp³-hybridized carbons (Fsp3) is 0.357. The standard InChI is InChI=1S/C28H31Cl2NO3/c1-18(2)33-26-23-15-22(31-16-19-8-7-10-21(29)14-19)12-13-25(23)34-28(3,4)27(26)32-17-20-9-5-6-11-24(20)30/h5-15,18,26-27,31H,16-17H2,1-4H3. The summed E-state index contributed by atoms with van der Waals surface area (Å²) in [6.07, 6.45) is -0.614. The second kappa shape index (κ2) is 10.6. The van der Waals surface area contributed by atoms with Crippen LogP contribution in [0.2, 0.25) is 10.0 Å². The van der Waals surface area contributed by atoms with E-state index in [1.807, 2.05) is 88.4 Å². The van der Waals surface area contributed by atoms with Gasteiger partial charge in [-0.2, -0.15) is 0 Å². The van der Waals surface area contributed by atoms with Crippen molar-refractivity contribution in [2.75, 3.05) is 5.32 Å². The van der Waals surface area contributed by atoms with E-state index in [2.05, 4.69) is 11.4 Å². The number of hydrogen-bond acceptors (Lipinski definition) is 4. The molecule has 0 aromatic heterocycles. The van der Waals surface area contributed by atoms with E-state index in [1.165, 1.54) is 0 Å². The molecule has 34 heavy (non-hydrogen) atoms. The van der Waals surface area contributed by atoms with Crippen LogP contribution in [-0.2, 0) is 22.6 Å². The van der Waals surface area contributed by atoms with Crippen molar-refractivity contribution in [3.63, 3.8) is 0 Å². The van der Waals surface area contributed by atoms with Gasteiger partial charge >= 0.3 is 0 Å². The summed E-state index contributed by atoms with van der Waals surface area (Å²) >= 11 is 12.5. The second-order valence-electron chi connectivity index (χ2n) is 9.37. The zero-order valence-electron chi connectivity index (χ0n) is 20.0. The number of anilines is 1. The summed E-state index contributed by atoms with van der Waals surface area (Å²) in [6.45, 7) is 9.18. The molecular weight excluding hydrogens is 469 g/mol. The highest BCUT2D eigenvalue weighted by Crippen LogP contribution is 2.45. The molecule has 0 spiro atoms. The smallest absolute Gasteiger partial charge is 0.132 e. The fourth-order valence-corrected chi connectivity index (χ4v) is 4.62. The molecule has 3 aromatic rings. The molecule has 2 unspecified atom stereocenters. The maximum atomic E-state index is 6.45. The van der Waals surface area contributed by atoms with Gasteiger partial charge in [-0.05, 0) is 75.2 Å². The lowest BCUT2D eigenvalue weighted by Gasteiger charge is -2.45. The Kier molecular flexibility index (Phi) is 7.73. The summed E-state index contributed by atoms with van der Waals surface area (Å²) in [5.41, 5.74) is 3.39. The molecule has 0 bridgehead atoms. The number of hydrogen-bond donors (Lipinski definition) is 1. The van der Waals surface area contributed by atoms with Gasteiger partial charge in [-0.15, -0.1) is 0 Å². The molecule has 3 aromatic carbocycles. The van der Waals surface area contributed by atoms with Crippen LogP contribution < -0.4 is 10.1 Å². The second-order valence-corrected chi connectivity index (χ2v) is 10.2. The molecule has 0 fully saturated rings. The first-order valence-corrected chi connectivity index (χ1v) is 12.3. The van der Waals surface area contributed by atoms with E-state index in [0.29, 0.717) is 18.2 Å². The highest BCUT2D eigenvalue weighted by atomic mass is 35.5. The normalized spacial score (nSPS) is 18.9.